The van der Waals surface area contributed by atoms with Gasteiger partial charge in [0.15, 0.2) is 5.58 Å². The number of rotatable bonds is 4. The molecular formula is C68H68BN3O. The van der Waals surface area contributed by atoms with Crippen LogP contribution in [0.15, 0.2) is 138 Å². The van der Waals surface area contributed by atoms with E-state index in [9.17, 15) is 0 Å². The average Bonchev–Trinajstić information content (AvgIpc) is 3.98. The van der Waals surface area contributed by atoms with Gasteiger partial charge < -0.3 is 18.8 Å². The third kappa shape index (κ3) is 6.59. The van der Waals surface area contributed by atoms with Crippen molar-refractivity contribution in [2.45, 2.75) is 131 Å². The molecule has 0 spiro atoms. The van der Waals surface area contributed by atoms with E-state index in [0.717, 1.165) is 39.7 Å². The number of aromatic nitrogens is 1. The first-order valence-corrected chi connectivity index (χ1v) is 26.7. The molecule has 364 valence electrons. The van der Waals surface area contributed by atoms with Gasteiger partial charge in [0.25, 0.3) is 0 Å². The molecule has 4 aliphatic rings. The Morgan fingerprint density at radius 3 is 1.93 bits per heavy atom. The first-order valence-electron chi connectivity index (χ1n) is 26.7. The van der Waals surface area contributed by atoms with Crippen LogP contribution in [0.1, 0.15) is 144 Å². The Hall–Kier alpha value is -6.98. The predicted molar refractivity (Wildman–Crippen MR) is 312 cm³/mol. The van der Waals surface area contributed by atoms with Crippen LogP contribution in [-0.4, -0.2) is 11.3 Å². The molecule has 0 saturated carbocycles. The molecule has 2 aliphatic carbocycles. The Kier molecular flexibility index (Phi) is 9.61. The number of allylic oxidation sites excluding steroid dienone is 1. The summed E-state index contributed by atoms with van der Waals surface area (Å²) >= 11 is 0. The molecule has 0 bridgehead atoms. The number of anilines is 6. The zero-order valence-electron chi connectivity index (χ0n) is 45.4. The van der Waals surface area contributed by atoms with Crippen LogP contribution in [0.4, 0.5) is 34.1 Å². The second-order valence-corrected chi connectivity index (χ2v) is 25.6. The third-order valence-corrected chi connectivity index (χ3v) is 17.3. The molecule has 4 nitrogen and oxygen atoms in total. The second kappa shape index (κ2) is 15.3. The number of nitrogens with zero attached hydrogens (tertiary/aromatic N) is 3. The molecule has 73 heavy (non-hydrogen) atoms. The van der Waals surface area contributed by atoms with Crippen LogP contribution in [0.5, 0.6) is 0 Å². The molecule has 7 aromatic carbocycles. The minimum atomic E-state index is -0.140. The van der Waals surface area contributed by atoms with Gasteiger partial charge in [-0.25, -0.2) is 0 Å². The van der Waals surface area contributed by atoms with Crippen LogP contribution in [0.2, 0.25) is 0 Å². The number of aryl methyl sites for hydroxylation is 3. The first-order chi connectivity index (χ1) is 34.6. The molecule has 0 radical (unpaired) electrons. The maximum atomic E-state index is 7.22. The fraction of sp³-hybridized carbons (Fsp3) is 0.294. The van der Waals surface area contributed by atoms with Gasteiger partial charge in [0.2, 0.25) is 6.71 Å². The van der Waals surface area contributed by atoms with Crippen molar-refractivity contribution in [2.24, 2.45) is 0 Å². The van der Waals surface area contributed by atoms with Gasteiger partial charge in [-0.1, -0.05) is 167 Å². The van der Waals surface area contributed by atoms with Gasteiger partial charge in [-0.15, -0.1) is 0 Å². The van der Waals surface area contributed by atoms with E-state index < -0.39 is 0 Å². The summed E-state index contributed by atoms with van der Waals surface area (Å²) in [7, 11) is 0. The van der Waals surface area contributed by atoms with Gasteiger partial charge in [0, 0.05) is 61.6 Å². The molecular weight excluding hydrogens is 886 g/mol. The van der Waals surface area contributed by atoms with Gasteiger partial charge in [0.05, 0.1) is 11.4 Å². The molecule has 0 saturated heterocycles. The summed E-state index contributed by atoms with van der Waals surface area (Å²) in [5.74, 6) is 0.238. The van der Waals surface area contributed by atoms with Crippen LogP contribution in [0.3, 0.4) is 0 Å². The van der Waals surface area contributed by atoms with Crippen LogP contribution in [-0.2, 0) is 21.7 Å². The Morgan fingerprint density at radius 1 is 0.616 bits per heavy atom. The van der Waals surface area contributed by atoms with Crippen LogP contribution in [0, 0.1) is 20.8 Å². The van der Waals surface area contributed by atoms with Gasteiger partial charge in [-0.05, 0) is 159 Å². The lowest BCUT2D eigenvalue weighted by molar-refractivity contribution is 0.587. The summed E-state index contributed by atoms with van der Waals surface area (Å²) in [6, 6.07) is 49.4. The molecule has 0 N–H and O–H groups in total. The quantitative estimate of drug-likeness (QED) is 0.164. The maximum absolute atomic E-state index is 7.22. The highest BCUT2D eigenvalue weighted by molar-refractivity contribution is 6.90. The van der Waals surface area contributed by atoms with Crippen molar-refractivity contribution in [3.63, 3.8) is 0 Å². The second-order valence-electron chi connectivity index (χ2n) is 25.6. The van der Waals surface area contributed by atoms with Crippen molar-refractivity contribution in [3.8, 4) is 16.9 Å². The Labute approximate surface area is 433 Å². The van der Waals surface area contributed by atoms with Gasteiger partial charge in [-0.3, -0.25) is 0 Å². The number of fused-ring (bicyclic) bond motifs is 12. The van der Waals surface area contributed by atoms with Crippen molar-refractivity contribution in [2.75, 3.05) is 9.80 Å². The van der Waals surface area contributed by atoms with Crippen LogP contribution in [0.25, 0.3) is 45.0 Å². The summed E-state index contributed by atoms with van der Waals surface area (Å²) in [4.78, 5) is 5.12. The van der Waals surface area contributed by atoms with E-state index in [-0.39, 0.29) is 34.2 Å². The van der Waals surface area contributed by atoms with Crippen molar-refractivity contribution >= 4 is 79.8 Å². The van der Waals surface area contributed by atoms with Crippen molar-refractivity contribution < 1.29 is 4.42 Å². The SMILES string of the molecule is Cc1cc2c3c(c1)-n1c4c(c5c1C(CC=C5)B3c1ccc(N(c3ccc(C(C)(C)C)cc3C)c3ccc(C(C)(C)C)cc3C)cc1N2c1cccc2c1oc1cc(C(C)(C)C)ccc12)C(C)(C)c1ccccc1-4. The van der Waals surface area contributed by atoms with E-state index in [1.54, 1.807) is 0 Å². The monoisotopic (exact) mass is 954 g/mol. The Balaban J connectivity index is 1.11. The smallest absolute Gasteiger partial charge is 0.226 e. The Morgan fingerprint density at radius 2 is 1.26 bits per heavy atom. The summed E-state index contributed by atoms with van der Waals surface area (Å²) < 4.78 is 9.94. The minimum Gasteiger partial charge on any atom is -0.454 e. The largest absolute Gasteiger partial charge is 0.454 e. The molecule has 1 unspecified atom stereocenters. The van der Waals surface area contributed by atoms with E-state index in [1.165, 1.54) is 106 Å². The first kappa shape index (κ1) is 45.9. The summed E-state index contributed by atoms with van der Waals surface area (Å²) in [6.45, 7) is 32.6. The molecule has 2 aliphatic heterocycles. The molecule has 13 rings (SSSR count). The van der Waals surface area contributed by atoms with Crippen LogP contribution >= 0.6 is 0 Å². The van der Waals surface area contributed by atoms with Crippen molar-refractivity contribution in [1.82, 2.24) is 4.57 Å². The molecule has 9 aromatic rings. The van der Waals surface area contributed by atoms with E-state index >= 15 is 0 Å². The number of para-hydroxylation sites is 1. The number of benzene rings is 7. The standard InChI is InChI=1S/C68H68BN3O/c1-39-33-57-61-58(34-39)72-62-49(60-63(72)48-19-15-16-22-50(48)68(60,13)14)21-17-23-52(62)69(61)51-30-28-45(38-56(51)71(57)55-24-18-20-47-46-29-25-44(67(10,11)12)37-59(46)73-64(47)55)70(53-31-26-42(35-40(53)2)65(4,5)6)54-32-27-43(36-41(54)3)66(7,8)9/h15-22,24-38,52H,23H2,1-14H3. The highest BCUT2D eigenvalue weighted by atomic mass is 16.3. The summed E-state index contributed by atoms with van der Waals surface area (Å²) in [6.07, 6.45) is 5.91. The summed E-state index contributed by atoms with van der Waals surface area (Å²) in [5, 5.41) is 2.27. The zero-order valence-corrected chi connectivity index (χ0v) is 45.4. The number of furan rings is 1. The normalized spacial score (nSPS) is 16.2. The maximum Gasteiger partial charge on any atom is 0.226 e. The fourth-order valence-corrected chi connectivity index (χ4v) is 13.5. The third-order valence-electron chi connectivity index (χ3n) is 17.3. The molecule has 2 aromatic heterocycles. The van der Waals surface area contributed by atoms with E-state index in [2.05, 4.69) is 251 Å². The van der Waals surface area contributed by atoms with Gasteiger partial charge in [-0.2, -0.15) is 0 Å². The molecule has 5 heteroatoms. The highest BCUT2D eigenvalue weighted by Gasteiger charge is 2.51. The zero-order chi connectivity index (χ0) is 51.0. The number of hydrogen-bond donors (Lipinski definition) is 0. The molecule has 0 amide bonds. The molecule has 1 atom stereocenters. The van der Waals surface area contributed by atoms with E-state index in [1.807, 2.05) is 0 Å². The lowest BCUT2D eigenvalue weighted by atomic mass is 9.29. The molecule has 0 fully saturated rings. The van der Waals surface area contributed by atoms with E-state index in [4.69, 9.17) is 4.42 Å². The predicted octanol–water partition coefficient (Wildman–Crippen LogP) is 17.4. The average molecular weight is 954 g/mol. The molecule has 4 heterocycles. The number of hydrogen-bond acceptors (Lipinski definition) is 3. The topological polar surface area (TPSA) is 24.6 Å². The van der Waals surface area contributed by atoms with Crippen molar-refractivity contribution in [3.05, 3.63) is 189 Å². The van der Waals surface area contributed by atoms with Crippen LogP contribution < -0.4 is 20.7 Å². The fourth-order valence-electron chi connectivity index (χ4n) is 13.5. The van der Waals surface area contributed by atoms with Crippen molar-refractivity contribution in [1.29, 1.82) is 0 Å². The van der Waals surface area contributed by atoms with Gasteiger partial charge in [0.1, 0.15) is 5.58 Å². The minimum absolute atomic E-state index is 0.0159. The Bertz CT molecular complexity index is 3810. The van der Waals surface area contributed by atoms with E-state index in [0.29, 0.717) is 0 Å². The lowest BCUT2D eigenvalue weighted by Crippen LogP contribution is -2.57. The summed E-state index contributed by atoms with van der Waals surface area (Å²) in [5.41, 5.74) is 28.9. The lowest BCUT2D eigenvalue weighted by Gasteiger charge is -2.45. The highest BCUT2D eigenvalue weighted by Crippen LogP contribution is 2.58. The van der Waals surface area contributed by atoms with Gasteiger partial charge >= 0.3 is 0 Å².